The first-order valence-electron chi connectivity index (χ1n) is 6.96. The van der Waals surface area contributed by atoms with Gasteiger partial charge in [-0.1, -0.05) is 18.2 Å². The minimum Gasteiger partial charge on any atom is -0.497 e. The van der Waals surface area contributed by atoms with E-state index in [-0.39, 0.29) is 10.5 Å². The van der Waals surface area contributed by atoms with Crippen molar-refractivity contribution in [3.05, 3.63) is 59.7 Å². The molecule has 4 nitrogen and oxygen atoms in total. The second-order valence-electron chi connectivity index (χ2n) is 5.03. The molecule has 2 N–H and O–H groups in total. The summed E-state index contributed by atoms with van der Waals surface area (Å²) in [6, 6.07) is 9.98. The molecule has 0 saturated carbocycles. The number of hydrogen-bond donors (Lipinski definition) is 1. The van der Waals surface area contributed by atoms with Crippen LogP contribution < -0.4 is 10.5 Å². The molecule has 0 unspecified atom stereocenters. The van der Waals surface area contributed by atoms with Crippen LogP contribution >= 0.6 is 0 Å². The van der Waals surface area contributed by atoms with E-state index in [2.05, 4.69) is 0 Å². The van der Waals surface area contributed by atoms with E-state index in [9.17, 15) is 21.6 Å². The Morgan fingerprint density at radius 1 is 1.08 bits per heavy atom. The lowest BCUT2D eigenvalue weighted by Gasteiger charge is -2.21. The molecule has 130 valence electrons. The number of ether oxygens (including phenoxy) is 1. The van der Waals surface area contributed by atoms with Gasteiger partial charge in [-0.05, 0) is 35.9 Å². The second kappa shape index (κ2) is 6.82. The van der Waals surface area contributed by atoms with Crippen molar-refractivity contribution in [3.63, 3.8) is 0 Å². The van der Waals surface area contributed by atoms with E-state index in [1.165, 1.54) is 43.5 Å². The summed E-state index contributed by atoms with van der Waals surface area (Å²) in [7, 11) is -2.67. The third-order valence-corrected chi connectivity index (χ3v) is 5.71. The van der Waals surface area contributed by atoms with Gasteiger partial charge >= 0.3 is 6.18 Å². The monoisotopic (exact) mass is 359 g/mol. The number of hydrogen-bond acceptors (Lipinski definition) is 4. The first-order chi connectivity index (χ1) is 11.2. The summed E-state index contributed by atoms with van der Waals surface area (Å²) in [5, 5.41) is -1.50. The molecule has 0 fully saturated rings. The van der Waals surface area contributed by atoms with Gasteiger partial charge in [-0.2, -0.15) is 13.2 Å². The molecule has 2 rings (SSSR count). The van der Waals surface area contributed by atoms with Crippen molar-refractivity contribution in [2.24, 2.45) is 5.73 Å². The van der Waals surface area contributed by atoms with Crippen LogP contribution in [0.1, 0.15) is 16.4 Å². The van der Waals surface area contributed by atoms with Gasteiger partial charge in [-0.3, -0.25) is 0 Å². The summed E-state index contributed by atoms with van der Waals surface area (Å²) in [6.45, 7) is -0.471. The molecular weight excluding hydrogens is 343 g/mol. The van der Waals surface area contributed by atoms with Crippen molar-refractivity contribution in [3.8, 4) is 5.75 Å². The molecular formula is C16H16F3NO3S. The number of sulfone groups is 1. The third-order valence-electron chi connectivity index (χ3n) is 3.59. The van der Waals surface area contributed by atoms with Crippen LogP contribution in [-0.2, 0) is 16.0 Å². The molecule has 0 aliphatic rings. The minimum absolute atomic E-state index is 0.115. The highest BCUT2D eigenvalue weighted by Gasteiger charge is 2.38. The number of methoxy groups -OCH3 is 1. The first kappa shape index (κ1) is 18.3. The molecule has 0 bridgehead atoms. The zero-order valence-electron chi connectivity index (χ0n) is 12.7. The van der Waals surface area contributed by atoms with Crippen LogP contribution in [0.3, 0.4) is 0 Å². The number of alkyl halides is 3. The summed E-state index contributed by atoms with van der Waals surface area (Å²) in [5.41, 5.74) is 4.16. The molecule has 0 aromatic heterocycles. The summed E-state index contributed by atoms with van der Waals surface area (Å²) in [6.07, 6.45) is -4.67. The topological polar surface area (TPSA) is 69.4 Å². The van der Waals surface area contributed by atoms with Crippen LogP contribution in [0.15, 0.2) is 53.4 Å². The third kappa shape index (κ3) is 3.54. The lowest BCUT2D eigenvalue weighted by atomic mass is 10.0. The Bertz CT molecular complexity index is 802. The summed E-state index contributed by atoms with van der Waals surface area (Å²) < 4.78 is 70.0. The predicted octanol–water partition coefficient (Wildman–Crippen LogP) is 3.19. The molecule has 2 aromatic rings. The molecule has 0 heterocycles. The van der Waals surface area contributed by atoms with E-state index in [0.29, 0.717) is 5.75 Å². The molecule has 0 aliphatic carbocycles. The molecule has 24 heavy (non-hydrogen) atoms. The maximum Gasteiger partial charge on any atom is 0.416 e. The van der Waals surface area contributed by atoms with Crippen LogP contribution in [0, 0.1) is 0 Å². The Labute approximate surface area is 138 Å². The molecule has 1 atom stereocenters. The van der Waals surface area contributed by atoms with Crippen LogP contribution in [0.2, 0.25) is 0 Å². The zero-order valence-corrected chi connectivity index (χ0v) is 13.6. The van der Waals surface area contributed by atoms with Crippen LogP contribution in [0.25, 0.3) is 0 Å². The molecule has 0 amide bonds. The van der Waals surface area contributed by atoms with Crippen molar-refractivity contribution in [1.82, 2.24) is 0 Å². The number of benzene rings is 2. The average molecular weight is 359 g/mol. The fraction of sp³-hybridized carbons (Fsp3) is 0.250. The van der Waals surface area contributed by atoms with Crippen LogP contribution in [0.4, 0.5) is 13.2 Å². The van der Waals surface area contributed by atoms with Gasteiger partial charge in [0.05, 0.1) is 17.6 Å². The van der Waals surface area contributed by atoms with Crippen molar-refractivity contribution in [2.75, 3.05) is 13.7 Å². The zero-order chi connectivity index (χ0) is 18.0. The molecule has 0 spiro atoms. The van der Waals surface area contributed by atoms with Gasteiger partial charge in [0, 0.05) is 6.54 Å². The van der Waals surface area contributed by atoms with Gasteiger partial charge in [-0.15, -0.1) is 0 Å². The predicted molar refractivity (Wildman–Crippen MR) is 83.4 cm³/mol. The van der Waals surface area contributed by atoms with E-state index in [0.717, 1.165) is 12.1 Å². The van der Waals surface area contributed by atoms with Gasteiger partial charge in [-0.25, -0.2) is 8.42 Å². The van der Waals surface area contributed by atoms with E-state index in [1.807, 2.05) is 0 Å². The molecule has 0 aliphatic heterocycles. The van der Waals surface area contributed by atoms with Gasteiger partial charge < -0.3 is 10.5 Å². The Morgan fingerprint density at radius 2 is 1.67 bits per heavy atom. The normalized spacial score (nSPS) is 13.5. The van der Waals surface area contributed by atoms with E-state index in [4.69, 9.17) is 10.5 Å². The van der Waals surface area contributed by atoms with E-state index < -0.39 is 33.4 Å². The Hall–Kier alpha value is -2.06. The summed E-state index contributed by atoms with van der Waals surface area (Å²) >= 11 is 0. The highest BCUT2D eigenvalue weighted by atomic mass is 32.2. The molecule has 2 aromatic carbocycles. The van der Waals surface area contributed by atoms with Crippen molar-refractivity contribution in [1.29, 1.82) is 0 Å². The SMILES string of the molecule is COc1ccc(S(=O)(=O)[C@@H](CN)c2ccccc2C(F)(F)F)cc1. The van der Waals surface area contributed by atoms with Gasteiger partial charge in [0.2, 0.25) is 0 Å². The van der Waals surface area contributed by atoms with Gasteiger partial charge in [0.1, 0.15) is 11.0 Å². The standard InChI is InChI=1S/C16H16F3NO3S/c1-23-11-6-8-12(9-7-11)24(21,22)15(10-20)13-4-2-3-5-14(13)16(17,18)19/h2-9,15H,10,20H2,1H3/t15-/m0/s1. The van der Waals surface area contributed by atoms with Crippen LogP contribution in [-0.4, -0.2) is 22.1 Å². The summed E-state index contributed by atoms with van der Waals surface area (Å²) in [5.74, 6) is 0.439. The number of rotatable bonds is 5. The van der Waals surface area contributed by atoms with Crippen LogP contribution in [0.5, 0.6) is 5.75 Å². The average Bonchev–Trinajstić information content (AvgIpc) is 2.55. The molecule has 0 saturated heterocycles. The molecule has 8 heteroatoms. The number of halogens is 3. The van der Waals surface area contributed by atoms with Crippen molar-refractivity contribution in [2.45, 2.75) is 16.3 Å². The first-order valence-corrected chi connectivity index (χ1v) is 8.50. The molecule has 0 radical (unpaired) electrons. The largest absolute Gasteiger partial charge is 0.497 e. The van der Waals surface area contributed by atoms with E-state index in [1.54, 1.807) is 0 Å². The lowest BCUT2D eigenvalue weighted by molar-refractivity contribution is -0.138. The Balaban J connectivity index is 2.55. The highest BCUT2D eigenvalue weighted by molar-refractivity contribution is 7.91. The maximum absolute atomic E-state index is 13.2. The Morgan fingerprint density at radius 3 is 2.17 bits per heavy atom. The number of nitrogens with two attached hydrogens (primary N) is 1. The van der Waals surface area contributed by atoms with Crippen molar-refractivity contribution >= 4 is 9.84 Å². The fourth-order valence-electron chi connectivity index (χ4n) is 2.39. The van der Waals surface area contributed by atoms with Gasteiger partial charge in [0.15, 0.2) is 9.84 Å². The minimum atomic E-state index is -4.67. The fourth-order valence-corrected chi connectivity index (χ4v) is 4.02. The van der Waals surface area contributed by atoms with Gasteiger partial charge in [0.25, 0.3) is 0 Å². The Kier molecular flexibility index (Phi) is 5.19. The van der Waals surface area contributed by atoms with Crippen molar-refractivity contribution < 1.29 is 26.3 Å². The summed E-state index contributed by atoms with van der Waals surface area (Å²) in [4.78, 5) is -0.115. The highest BCUT2D eigenvalue weighted by Crippen LogP contribution is 2.38. The lowest BCUT2D eigenvalue weighted by Crippen LogP contribution is -2.25. The second-order valence-corrected chi connectivity index (χ2v) is 7.16. The van der Waals surface area contributed by atoms with E-state index >= 15 is 0 Å². The quantitative estimate of drug-likeness (QED) is 0.890. The maximum atomic E-state index is 13.2. The smallest absolute Gasteiger partial charge is 0.416 e.